The van der Waals surface area contributed by atoms with Crippen LogP contribution in [-0.4, -0.2) is 80.1 Å². The first-order valence-corrected chi connectivity index (χ1v) is 9.03. The molecule has 0 saturated carbocycles. The molecule has 0 amide bonds. The smallest absolute Gasteiger partial charge is 0.0228 e. The van der Waals surface area contributed by atoms with Crippen LogP contribution in [0.1, 0.15) is 19.8 Å². The van der Waals surface area contributed by atoms with Crippen molar-refractivity contribution in [1.29, 1.82) is 0 Å². The number of rotatable bonds is 8. The molecule has 1 rings (SSSR count). The molecular formula is C19H36N4. The first kappa shape index (κ1) is 20.1. The van der Waals surface area contributed by atoms with Crippen molar-refractivity contribution in [2.45, 2.75) is 19.8 Å². The van der Waals surface area contributed by atoms with Crippen LogP contribution >= 0.6 is 0 Å². The zero-order valence-corrected chi connectivity index (χ0v) is 15.1. The van der Waals surface area contributed by atoms with Gasteiger partial charge in [-0.25, -0.2) is 0 Å². The molecule has 1 aliphatic rings. The fourth-order valence-corrected chi connectivity index (χ4v) is 3.07. The van der Waals surface area contributed by atoms with Crippen molar-refractivity contribution in [2.24, 2.45) is 5.73 Å². The molecule has 1 heterocycles. The Labute approximate surface area is 143 Å². The lowest BCUT2D eigenvalue weighted by atomic mass is 10.2. The van der Waals surface area contributed by atoms with Gasteiger partial charge in [-0.2, -0.15) is 0 Å². The zero-order chi connectivity index (χ0) is 16.9. The quantitative estimate of drug-likeness (QED) is 0.694. The third kappa shape index (κ3) is 9.06. The molecule has 0 atom stereocenters. The summed E-state index contributed by atoms with van der Waals surface area (Å²) in [5.74, 6) is 0. The lowest BCUT2D eigenvalue weighted by Crippen LogP contribution is -2.44. The molecule has 0 unspecified atom stereocenters. The second-order valence-corrected chi connectivity index (χ2v) is 6.35. The fraction of sp³-hybridized carbons (Fsp3) is 0.684. The first-order chi connectivity index (χ1) is 11.2. The van der Waals surface area contributed by atoms with E-state index in [-0.39, 0.29) is 0 Å². The minimum absolute atomic E-state index is 0.751. The summed E-state index contributed by atoms with van der Waals surface area (Å²) in [6.07, 6.45) is 8.26. The zero-order valence-electron chi connectivity index (χ0n) is 15.1. The van der Waals surface area contributed by atoms with E-state index in [4.69, 9.17) is 5.73 Å². The second kappa shape index (κ2) is 12.5. The SMILES string of the molecule is C=C/C=C\C(=C)CN1CCCN(CCN)CCN(CCC)CC1. The maximum atomic E-state index is 5.76. The fourth-order valence-electron chi connectivity index (χ4n) is 3.07. The predicted octanol–water partition coefficient (Wildman–Crippen LogP) is 1.96. The van der Waals surface area contributed by atoms with Crippen molar-refractivity contribution in [3.05, 3.63) is 37.0 Å². The highest BCUT2D eigenvalue weighted by molar-refractivity contribution is 5.19. The third-order valence-corrected chi connectivity index (χ3v) is 4.29. The van der Waals surface area contributed by atoms with Gasteiger partial charge >= 0.3 is 0 Å². The summed E-state index contributed by atoms with van der Waals surface area (Å²) in [5, 5.41) is 0. The molecule has 0 radical (unpaired) electrons. The van der Waals surface area contributed by atoms with Crippen LogP contribution in [0.3, 0.4) is 0 Å². The number of hydrogen-bond donors (Lipinski definition) is 1. The van der Waals surface area contributed by atoms with Crippen molar-refractivity contribution in [1.82, 2.24) is 14.7 Å². The number of nitrogens with two attached hydrogens (primary N) is 1. The summed E-state index contributed by atoms with van der Waals surface area (Å²) >= 11 is 0. The van der Waals surface area contributed by atoms with E-state index in [1.807, 2.05) is 12.2 Å². The Morgan fingerprint density at radius 3 is 2.22 bits per heavy atom. The lowest BCUT2D eigenvalue weighted by molar-refractivity contribution is 0.156. The molecule has 1 fully saturated rings. The molecule has 0 bridgehead atoms. The first-order valence-electron chi connectivity index (χ1n) is 9.03. The van der Waals surface area contributed by atoms with Gasteiger partial charge in [-0.1, -0.05) is 38.3 Å². The van der Waals surface area contributed by atoms with Crippen molar-refractivity contribution in [3.8, 4) is 0 Å². The van der Waals surface area contributed by atoms with Crippen LogP contribution in [0.2, 0.25) is 0 Å². The highest BCUT2D eigenvalue weighted by atomic mass is 15.2. The van der Waals surface area contributed by atoms with Gasteiger partial charge in [0.25, 0.3) is 0 Å². The average Bonchev–Trinajstić information content (AvgIpc) is 2.54. The van der Waals surface area contributed by atoms with E-state index >= 15 is 0 Å². The topological polar surface area (TPSA) is 35.7 Å². The summed E-state index contributed by atoms with van der Waals surface area (Å²) in [4.78, 5) is 7.63. The molecule has 0 aromatic rings. The highest BCUT2D eigenvalue weighted by Crippen LogP contribution is 2.05. The molecule has 4 heteroatoms. The van der Waals surface area contributed by atoms with Gasteiger partial charge in [0.2, 0.25) is 0 Å². The van der Waals surface area contributed by atoms with Crippen molar-refractivity contribution in [2.75, 3.05) is 65.4 Å². The van der Waals surface area contributed by atoms with E-state index in [0.29, 0.717) is 0 Å². The number of nitrogens with zero attached hydrogens (tertiary/aromatic N) is 3. The maximum absolute atomic E-state index is 5.76. The molecular weight excluding hydrogens is 284 g/mol. The van der Waals surface area contributed by atoms with Crippen LogP contribution in [0, 0.1) is 0 Å². The number of allylic oxidation sites excluding steroid dienone is 2. The van der Waals surface area contributed by atoms with Gasteiger partial charge in [-0.3, -0.25) is 4.90 Å². The van der Waals surface area contributed by atoms with E-state index in [0.717, 1.165) is 64.5 Å². The molecule has 132 valence electrons. The summed E-state index contributed by atoms with van der Waals surface area (Å²) in [6.45, 7) is 20.9. The Bertz CT molecular complexity index is 364. The lowest BCUT2D eigenvalue weighted by Gasteiger charge is -2.32. The Kier molecular flexibility index (Phi) is 10.9. The summed E-state index contributed by atoms with van der Waals surface area (Å²) in [7, 11) is 0. The Hall–Kier alpha value is -0.940. The van der Waals surface area contributed by atoms with Gasteiger partial charge < -0.3 is 15.5 Å². The maximum Gasteiger partial charge on any atom is 0.0228 e. The van der Waals surface area contributed by atoms with Gasteiger partial charge in [-0.15, -0.1) is 0 Å². The molecule has 2 N–H and O–H groups in total. The van der Waals surface area contributed by atoms with E-state index in [1.54, 1.807) is 0 Å². The molecule has 1 saturated heterocycles. The van der Waals surface area contributed by atoms with Crippen molar-refractivity contribution in [3.63, 3.8) is 0 Å². The van der Waals surface area contributed by atoms with Crippen LogP contribution < -0.4 is 5.73 Å². The van der Waals surface area contributed by atoms with Gasteiger partial charge in [0.15, 0.2) is 0 Å². The molecule has 0 aromatic heterocycles. The van der Waals surface area contributed by atoms with Crippen LogP contribution in [0.5, 0.6) is 0 Å². The van der Waals surface area contributed by atoms with E-state index in [9.17, 15) is 0 Å². The van der Waals surface area contributed by atoms with Crippen molar-refractivity contribution >= 4 is 0 Å². The molecule has 4 nitrogen and oxygen atoms in total. The minimum atomic E-state index is 0.751. The van der Waals surface area contributed by atoms with Crippen LogP contribution in [0.4, 0.5) is 0 Å². The second-order valence-electron chi connectivity index (χ2n) is 6.35. The van der Waals surface area contributed by atoms with Gasteiger partial charge in [0, 0.05) is 45.8 Å². The Balaban J connectivity index is 2.60. The van der Waals surface area contributed by atoms with E-state index in [2.05, 4.69) is 40.9 Å². The van der Waals surface area contributed by atoms with Crippen LogP contribution in [-0.2, 0) is 0 Å². The largest absolute Gasteiger partial charge is 0.329 e. The molecule has 0 aliphatic carbocycles. The summed E-state index contributed by atoms with van der Waals surface area (Å²) in [6, 6.07) is 0. The summed E-state index contributed by atoms with van der Waals surface area (Å²) in [5.41, 5.74) is 6.91. The summed E-state index contributed by atoms with van der Waals surface area (Å²) < 4.78 is 0. The normalized spacial score (nSPS) is 19.9. The minimum Gasteiger partial charge on any atom is -0.329 e. The monoisotopic (exact) mass is 320 g/mol. The Morgan fingerprint density at radius 1 is 1.00 bits per heavy atom. The Morgan fingerprint density at radius 2 is 1.61 bits per heavy atom. The molecule has 23 heavy (non-hydrogen) atoms. The van der Waals surface area contributed by atoms with Crippen molar-refractivity contribution < 1.29 is 0 Å². The highest BCUT2D eigenvalue weighted by Gasteiger charge is 2.14. The van der Waals surface area contributed by atoms with Gasteiger partial charge in [0.1, 0.15) is 0 Å². The van der Waals surface area contributed by atoms with E-state index in [1.165, 1.54) is 19.4 Å². The number of hydrogen-bond acceptors (Lipinski definition) is 4. The average molecular weight is 321 g/mol. The molecule has 1 aliphatic heterocycles. The van der Waals surface area contributed by atoms with Crippen LogP contribution in [0.15, 0.2) is 37.0 Å². The van der Waals surface area contributed by atoms with Gasteiger partial charge in [0.05, 0.1) is 0 Å². The standard InChI is InChI=1S/C19H36N4/c1-4-6-8-19(3)18-23-12-7-11-22(13-9-20)15-14-21(10-5-2)16-17-23/h4,6,8H,1,3,5,7,9-18,20H2,2H3/b8-6-. The predicted molar refractivity (Wildman–Crippen MR) is 102 cm³/mol. The van der Waals surface area contributed by atoms with Crippen LogP contribution in [0.25, 0.3) is 0 Å². The van der Waals surface area contributed by atoms with Gasteiger partial charge in [-0.05, 0) is 38.0 Å². The van der Waals surface area contributed by atoms with E-state index < -0.39 is 0 Å². The molecule has 0 aromatic carbocycles. The third-order valence-electron chi connectivity index (χ3n) is 4.29. The molecule has 0 spiro atoms.